The highest BCUT2D eigenvalue weighted by molar-refractivity contribution is 9.10. The maximum atomic E-state index is 12.6. The zero-order valence-corrected chi connectivity index (χ0v) is 16.2. The number of likely N-dealkylation sites (tertiary alicyclic amines) is 1. The van der Waals surface area contributed by atoms with E-state index < -0.39 is 0 Å². The second kappa shape index (κ2) is 7.70. The van der Waals surface area contributed by atoms with Crippen molar-refractivity contribution in [1.82, 2.24) is 20.1 Å². The van der Waals surface area contributed by atoms with Gasteiger partial charge in [0.25, 0.3) is 0 Å². The molecule has 3 rings (SSSR count). The monoisotopic (exact) mass is 408 g/mol. The molecule has 0 saturated carbocycles. The number of aromatic nitrogens is 3. The van der Waals surface area contributed by atoms with Gasteiger partial charge in [-0.1, -0.05) is 45.9 Å². The van der Waals surface area contributed by atoms with Crippen molar-refractivity contribution in [1.29, 1.82) is 0 Å². The van der Waals surface area contributed by atoms with Gasteiger partial charge in [-0.15, -0.1) is 5.10 Å². The Morgan fingerprint density at radius 1 is 1.33 bits per heavy atom. The molecular formula is C17H21BrN4OS. The quantitative estimate of drug-likeness (QED) is 0.772. The SMILES string of the molecule is C[C@H]1CCC[C@H](C)N1C(=O)CSc1n[nH]c(-c2ccccc2Br)n1. The number of halogens is 1. The largest absolute Gasteiger partial charge is 0.337 e. The van der Waals surface area contributed by atoms with Gasteiger partial charge in [0.05, 0.1) is 5.75 Å². The zero-order valence-electron chi connectivity index (χ0n) is 13.8. The lowest BCUT2D eigenvalue weighted by Crippen LogP contribution is -2.48. The van der Waals surface area contributed by atoms with E-state index in [-0.39, 0.29) is 5.91 Å². The van der Waals surface area contributed by atoms with Crippen molar-refractivity contribution in [2.45, 2.75) is 50.4 Å². The minimum atomic E-state index is 0.173. The van der Waals surface area contributed by atoms with E-state index in [0.717, 1.165) is 22.9 Å². The fourth-order valence-corrected chi connectivity index (χ4v) is 4.34. The topological polar surface area (TPSA) is 61.9 Å². The zero-order chi connectivity index (χ0) is 17.1. The second-order valence-electron chi connectivity index (χ2n) is 6.17. The molecule has 1 N–H and O–H groups in total. The summed E-state index contributed by atoms with van der Waals surface area (Å²) in [5, 5.41) is 7.77. The summed E-state index contributed by atoms with van der Waals surface area (Å²) in [7, 11) is 0. The third-order valence-corrected chi connectivity index (χ3v) is 5.92. The molecule has 24 heavy (non-hydrogen) atoms. The second-order valence-corrected chi connectivity index (χ2v) is 7.96. The van der Waals surface area contributed by atoms with Crippen molar-refractivity contribution < 1.29 is 4.79 Å². The number of aromatic amines is 1. The number of hydrogen-bond acceptors (Lipinski definition) is 4. The lowest BCUT2D eigenvalue weighted by atomic mass is 9.98. The highest BCUT2D eigenvalue weighted by Gasteiger charge is 2.28. The van der Waals surface area contributed by atoms with Gasteiger partial charge in [0.15, 0.2) is 5.82 Å². The number of hydrogen-bond donors (Lipinski definition) is 1. The van der Waals surface area contributed by atoms with Gasteiger partial charge in [-0.05, 0) is 39.2 Å². The summed E-state index contributed by atoms with van der Waals surface area (Å²) in [6.45, 7) is 4.27. The Morgan fingerprint density at radius 3 is 2.75 bits per heavy atom. The van der Waals surface area contributed by atoms with Crippen molar-refractivity contribution in [3.63, 3.8) is 0 Å². The predicted molar refractivity (Wildman–Crippen MR) is 99.9 cm³/mol. The van der Waals surface area contributed by atoms with Crippen LogP contribution in [0, 0.1) is 0 Å². The van der Waals surface area contributed by atoms with Crippen LogP contribution < -0.4 is 0 Å². The van der Waals surface area contributed by atoms with E-state index in [2.05, 4.69) is 45.0 Å². The standard InChI is InChI=1S/C17H21BrN4OS/c1-11-6-5-7-12(2)22(11)15(23)10-24-17-19-16(20-21-17)13-8-3-4-9-14(13)18/h3-4,8-9,11-12H,5-7,10H2,1-2H3,(H,19,20,21)/t11-,12-/m0/s1. The summed E-state index contributed by atoms with van der Waals surface area (Å²) in [5.41, 5.74) is 0.960. The Hall–Kier alpha value is -1.34. The highest BCUT2D eigenvalue weighted by Crippen LogP contribution is 2.27. The molecule has 1 amide bonds. The van der Waals surface area contributed by atoms with E-state index >= 15 is 0 Å². The fourth-order valence-electron chi connectivity index (χ4n) is 3.20. The lowest BCUT2D eigenvalue weighted by Gasteiger charge is -2.39. The van der Waals surface area contributed by atoms with E-state index in [1.54, 1.807) is 0 Å². The first-order chi connectivity index (χ1) is 11.6. The number of nitrogens with one attached hydrogen (secondary N) is 1. The fraction of sp³-hybridized carbons (Fsp3) is 0.471. The van der Waals surface area contributed by atoms with Crippen LogP contribution in [0.2, 0.25) is 0 Å². The molecular weight excluding hydrogens is 388 g/mol. The van der Waals surface area contributed by atoms with Gasteiger partial charge in [0, 0.05) is 22.1 Å². The Balaban J connectivity index is 1.63. The molecule has 1 aliphatic rings. The van der Waals surface area contributed by atoms with E-state index in [1.807, 2.05) is 29.2 Å². The molecule has 2 heterocycles. The Bertz CT molecular complexity index is 710. The van der Waals surface area contributed by atoms with Crippen molar-refractivity contribution in [2.24, 2.45) is 0 Å². The van der Waals surface area contributed by atoms with Crippen LogP contribution in [0.15, 0.2) is 33.9 Å². The maximum absolute atomic E-state index is 12.6. The number of carbonyl (C=O) groups is 1. The van der Waals surface area contributed by atoms with E-state index in [4.69, 9.17) is 0 Å². The number of carbonyl (C=O) groups excluding carboxylic acids is 1. The van der Waals surface area contributed by atoms with E-state index in [0.29, 0.717) is 28.8 Å². The van der Waals surface area contributed by atoms with E-state index in [9.17, 15) is 4.79 Å². The van der Waals surface area contributed by atoms with Gasteiger partial charge in [0.1, 0.15) is 0 Å². The van der Waals surface area contributed by atoms with Crippen LogP contribution in [0.5, 0.6) is 0 Å². The molecule has 1 aromatic carbocycles. The van der Waals surface area contributed by atoms with E-state index in [1.165, 1.54) is 18.2 Å². The molecule has 5 nitrogen and oxygen atoms in total. The van der Waals surface area contributed by atoms with Crippen LogP contribution in [0.25, 0.3) is 11.4 Å². The first-order valence-corrected chi connectivity index (χ1v) is 9.95. The summed E-state index contributed by atoms with van der Waals surface area (Å²) in [4.78, 5) is 19.1. The minimum Gasteiger partial charge on any atom is -0.337 e. The van der Waals surface area contributed by atoms with Crippen LogP contribution in [-0.2, 0) is 4.79 Å². The molecule has 1 aliphatic heterocycles. The normalized spacial score (nSPS) is 21.0. The Morgan fingerprint density at radius 2 is 2.04 bits per heavy atom. The summed E-state index contributed by atoms with van der Waals surface area (Å²) in [5.74, 6) is 1.26. The van der Waals surface area contributed by atoms with Gasteiger partial charge >= 0.3 is 0 Å². The summed E-state index contributed by atoms with van der Waals surface area (Å²) in [6.07, 6.45) is 3.39. The molecule has 1 fully saturated rings. The molecule has 128 valence electrons. The molecule has 2 aromatic rings. The maximum Gasteiger partial charge on any atom is 0.233 e. The van der Waals surface area contributed by atoms with Crippen LogP contribution in [0.1, 0.15) is 33.1 Å². The average Bonchev–Trinajstić information content (AvgIpc) is 3.02. The molecule has 2 atom stereocenters. The molecule has 1 aromatic heterocycles. The molecule has 7 heteroatoms. The first kappa shape index (κ1) is 17.5. The third-order valence-electron chi connectivity index (χ3n) is 4.40. The van der Waals surface area contributed by atoms with Gasteiger partial charge < -0.3 is 4.90 Å². The minimum absolute atomic E-state index is 0.173. The molecule has 0 unspecified atom stereocenters. The first-order valence-electron chi connectivity index (χ1n) is 8.17. The van der Waals surface area contributed by atoms with Gasteiger partial charge in [0.2, 0.25) is 11.1 Å². The molecule has 0 bridgehead atoms. The number of amides is 1. The Kier molecular flexibility index (Phi) is 5.61. The number of nitrogens with zero attached hydrogens (tertiary/aromatic N) is 3. The molecule has 0 radical (unpaired) electrons. The van der Waals surface area contributed by atoms with Gasteiger partial charge in [-0.3, -0.25) is 9.89 Å². The third kappa shape index (κ3) is 3.83. The van der Waals surface area contributed by atoms with Gasteiger partial charge in [-0.25, -0.2) is 4.98 Å². The number of benzene rings is 1. The summed E-state index contributed by atoms with van der Waals surface area (Å²) in [6, 6.07) is 8.50. The van der Waals surface area contributed by atoms with Gasteiger partial charge in [-0.2, -0.15) is 0 Å². The lowest BCUT2D eigenvalue weighted by molar-refractivity contribution is -0.134. The summed E-state index contributed by atoms with van der Waals surface area (Å²) >= 11 is 4.90. The average molecular weight is 409 g/mol. The van der Waals surface area contributed by atoms with Crippen molar-refractivity contribution in [3.05, 3.63) is 28.7 Å². The van der Waals surface area contributed by atoms with Crippen molar-refractivity contribution in [3.8, 4) is 11.4 Å². The van der Waals surface area contributed by atoms with Crippen molar-refractivity contribution in [2.75, 3.05) is 5.75 Å². The van der Waals surface area contributed by atoms with Crippen LogP contribution >= 0.6 is 27.7 Å². The van der Waals surface area contributed by atoms with Crippen molar-refractivity contribution >= 4 is 33.6 Å². The summed E-state index contributed by atoms with van der Waals surface area (Å²) < 4.78 is 0.963. The smallest absolute Gasteiger partial charge is 0.233 e. The number of piperidine rings is 1. The van der Waals surface area contributed by atoms with Crippen LogP contribution in [-0.4, -0.2) is 43.8 Å². The number of H-pyrrole nitrogens is 1. The highest BCUT2D eigenvalue weighted by atomic mass is 79.9. The molecule has 0 aliphatic carbocycles. The molecule has 0 spiro atoms. The number of rotatable bonds is 4. The number of thioether (sulfide) groups is 1. The van der Waals surface area contributed by atoms with Crippen LogP contribution in [0.4, 0.5) is 0 Å². The molecule has 1 saturated heterocycles. The predicted octanol–water partition coefficient (Wildman–Crippen LogP) is 4.12. The van der Waals surface area contributed by atoms with Crippen LogP contribution in [0.3, 0.4) is 0 Å². The Labute approximate surface area is 154 Å².